The molecule has 8 heteroatoms. The Balaban J connectivity index is 2.04. The number of hydrogen-bond donors (Lipinski definition) is 1. The normalized spacial score (nSPS) is 11.0. The van der Waals surface area contributed by atoms with Gasteiger partial charge in [0, 0.05) is 10.4 Å². The van der Waals surface area contributed by atoms with Crippen LogP contribution in [-0.2, 0) is 0 Å². The highest BCUT2D eigenvalue weighted by Gasteiger charge is 2.18. The summed E-state index contributed by atoms with van der Waals surface area (Å²) in [7, 11) is 0. The summed E-state index contributed by atoms with van der Waals surface area (Å²) in [5.74, 6) is -4.09. The van der Waals surface area contributed by atoms with Crippen molar-refractivity contribution in [3.8, 4) is 22.8 Å². The minimum absolute atomic E-state index is 0.0214. The average molecular weight is 311 g/mol. The van der Waals surface area contributed by atoms with Gasteiger partial charge in [-0.15, -0.1) is 11.3 Å². The Morgan fingerprint density at radius 3 is 2.38 bits per heavy atom. The molecule has 0 unspecified atom stereocenters. The molecule has 0 fully saturated rings. The SMILES string of the molecule is Cc1cc(-c2nc(-c3cc(F)c(F)c(F)c3)no2)c(N)s1. The van der Waals surface area contributed by atoms with Crippen LogP contribution in [0.3, 0.4) is 0 Å². The van der Waals surface area contributed by atoms with Gasteiger partial charge in [-0.05, 0) is 25.1 Å². The third-order valence-electron chi connectivity index (χ3n) is 2.78. The molecule has 3 aromatic rings. The Morgan fingerprint density at radius 1 is 1.14 bits per heavy atom. The predicted octanol–water partition coefficient (Wildman–Crippen LogP) is 3.77. The van der Waals surface area contributed by atoms with Gasteiger partial charge in [0.1, 0.15) is 0 Å². The maximum atomic E-state index is 13.2. The molecule has 0 aliphatic heterocycles. The van der Waals surface area contributed by atoms with Crippen LogP contribution < -0.4 is 5.73 Å². The zero-order valence-corrected chi connectivity index (χ0v) is 11.5. The molecule has 0 aliphatic carbocycles. The molecular weight excluding hydrogens is 303 g/mol. The van der Waals surface area contributed by atoms with Gasteiger partial charge in [0.2, 0.25) is 5.82 Å². The monoisotopic (exact) mass is 311 g/mol. The van der Waals surface area contributed by atoms with Crippen molar-refractivity contribution in [3.05, 3.63) is 40.5 Å². The maximum Gasteiger partial charge on any atom is 0.261 e. The number of hydrogen-bond acceptors (Lipinski definition) is 5. The van der Waals surface area contributed by atoms with Crippen molar-refractivity contribution < 1.29 is 17.7 Å². The van der Waals surface area contributed by atoms with Gasteiger partial charge in [-0.3, -0.25) is 0 Å². The number of anilines is 1. The van der Waals surface area contributed by atoms with Gasteiger partial charge in [0.15, 0.2) is 17.5 Å². The number of benzene rings is 1. The van der Waals surface area contributed by atoms with Gasteiger partial charge in [-0.1, -0.05) is 5.16 Å². The van der Waals surface area contributed by atoms with E-state index in [1.54, 1.807) is 6.07 Å². The molecule has 2 heterocycles. The zero-order chi connectivity index (χ0) is 15.1. The van der Waals surface area contributed by atoms with E-state index in [1.807, 2.05) is 6.92 Å². The quantitative estimate of drug-likeness (QED) is 0.732. The fourth-order valence-electron chi connectivity index (χ4n) is 1.83. The summed E-state index contributed by atoms with van der Waals surface area (Å²) < 4.78 is 44.4. The summed E-state index contributed by atoms with van der Waals surface area (Å²) in [6, 6.07) is 3.37. The molecule has 3 rings (SSSR count). The van der Waals surface area contributed by atoms with Crippen molar-refractivity contribution >= 4 is 16.3 Å². The molecule has 0 saturated heterocycles. The van der Waals surface area contributed by atoms with Crippen LogP contribution in [0, 0.1) is 24.4 Å². The largest absolute Gasteiger partial charge is 0.390 e. The Bertz CT molecular complexity index is 805. The molecule has 0 spiro atoms. The van der Waals surface area contributed by atoms with Crippen molar-refractivity contribution in [1.82, 2.24) is 10.1 Å². The second-order valence-electron chi connectivity index (χ2n) is 4.31. The Hall–Kier alpha value is -2.35. The number of nitrogens with zero attached hydrogens (tertiary/aromatic N) is 2. The van der Waals surface area contributed by atoms with E-state index in [9.17, 15) is 13.2 Å². The van der Waals surface area contributed by atoms with E-state index < -0.39 is 17.5 Å². The number of halogens is 3. The minimum Gasteiger partial charge on any atom is -0.390 e. The van der Waals surface area contributed by atoms with E-state index in [0.717, 1.165) is 17.0 Å². The number of nitrogens with two attached hydrogens (primary N) is 1. The maximum absolute atomic E-state index is 13.2. The summed E-state index contributed by atoms with van der Waals surface area (Å²) in [5, 5.41) is 4.13. The van der Waals surface area contributed by atoms with Crippen LogP contribution >= 0.6 is 11.3 Å². The smallest absolute Gasteiger partial charge is 0.261 e. The molecule has 0 saturated carbocycles. The molecule has 0 atom stereocenters. The highest BCUT2D eigenvalue weighted by molar-refractivity contribution is 7.16. The van der Waals surface area contributed by atoms with Gasteiger partial charge in [-0.2, -0.15) is 4.98 Å². The first kappa shape index (κ1) is 13.6. The van der Waals surface area contributed by atoms with Crippen molar-refractivity contribution in [2.24, 2.45) is 0 Å². The highest BCUT2D eigenvalue weighted by Crippen LogP contribution is 2.33. The lowest BCUT2D eigenvalue weighted by molar-refractivity contribution is 0.431. The van der Waals surface area contributed by atoms with Crippen LogP contribution in [0.25, 0.3) is 22.8 Å². The standard InChI is InChI=1S/C13H8F3N3OS/c1-5-2-7(11(17)21-5)13-18-12(19-20-13)6-3-8(14)10(16)9(15)4-6/h2-4H,17H2,1H3. The third-order valence-corrected chi connectivity index (χ3v) is 3.66. The number of aromatic nitrogens is 2. The lowest BCUT2D eigenvalue weighted by Gasteiger charge is -1.98. The first-order valence-electron chi connectivity index (χ1n) is 5.80. The van der Waals surface area contributed by atoms with Crippen LogP contribution in [-0.4, -0.2) is 10.1 Å². The number of aryl methyl sites for hydroxylation is 1. The summed E-state index contributed by atoms with van der Waals surface area (Å²) >= 11 is 1.36. The van der Waals surface area contributed by atoms with Crippen LogP contribution in [0.15, 0.2) is 22.7 Å². The second kappa shape index (κ2) is 4.88. The lowest BCUT2D eigenvalue weighted by Crippen LogP contribution is -1.92. The van der Waals surface area contributed by atoms with E-state index in [0.29, 0.717) is 10.6 Å². The Morgan fingerprint density at radius 2 is 1.81 bits per heavy atom. The molecule has 0 radical (unpaired) electrons. The van der Waals surface area contributed by atoms with Crippen molar-refractivity contribution in [2.45, 2.75) is 6.92 Å². The van der Waals surface area contributed by atoms with Crippen molar-refractivity contribution in [3.63, 3.8) is 0 Å². The van der Waals surface area contributed by atoms with E-state index >= 15 is 0 Å². The van der Waals surface area contributed by atoms with Gasteiger partial charge in [0.05, 0.1) is 10.6 Å². The number of thiophene rings is 1. The summed E-state index contributed by atoms with van der Waals surface area (Å²) in [4.78, 5) is 4.99. The Kier molecular flexibility index (Phi) is 3.17. The minimum atomic E-state index is -1.54. The van der Waals surface area contributed by atoms with Crippen LogP contribution in [0.5, 0.6) is 0 Å². The Labute approximate surface area is 121 Å². The molecule has 2 N–H and O–H groups in total. The second-order valence-corrected chi connectivity index (χ2v) is 5.60. The van der Waals surface area contributed by atoms with E-state index in [2.05, 4.69) is 10.1 Å². The van der Waals surface area contributed by atoms with Gasteiger partial charge >= 0.3 is 0 Å². The van der Waals surface area contributed by atoms with Crippen molar-refractivity contribution in [1.29, 1.82) is 0 Å². The predicted molar refractivity (Wildman–Crippen MR) is 72.1 cm³/mol. The highest BCUT2D eigenvalue weighted by atomic mass is 32.1. The summed E-state index contributed by atoms with van der Waals surface area (Å²) in [6.07, 6.45) is 0. The molecule has 2 aromatic heterocycles. The van der Waals surface area contributed by atoms with E-state index in [1.165, 1.54) is 11.3 Å². The number of nitrogen functional groups attached to an aromatic ring is 1. The van der Waals surface area contributed by atoms with Crippen LogP contribution in [0.4, 0.5) is 18.2 Å². The average Bonchev–Trinajstić information content (AvgIpc) is 3.02. The van der Waals surface area contributed by atoms with E-state index in [4.69, 9.17) is 10.3 Å². The topological polar surface area (TPSA) is 64.9 Å². The zero-order valence-electron chi connectivity index (χ0n) is 10.7. The van der Waals surface area contributed by atoms with Crippen LogP contribution in [0.1, 0.15) is 4.88 Å². The molecule has 21 heavy (non-hydrogen) atoms. The van der Waals surface area contributed by atoms with Gasteiger partial charge in [-0.25, -0.2) is 13.2 Å². The molecule has 0 bridgehead atoms. The molecule has 0 amide bonds. The van der Waals surface area contributed by atoms with E-state index in [-0.39, 0.29) is 17.3 Å². The number of rotatable bonds is 2. The molecular formula is C13H8F3N3OS. The molecule has 0 aliphatic rings. The lowest BCUT2D eigenvalue weighted by atomic mass is 10.2. The van der Waals surface area contributed by atoms with Crippen molar-refractivity contribution in [2.75, 3.05) is 5.73 Å². The third kappa shape index (κ3) is 2.38. The van der Waals surface area contributed by atoms with Crippen LogP contribution in [0.2, 0.25) is 0 Å². The molecule has 108 valence electrons. The summed E-state index contributed by atoms with van der Waals surface area (Å²) in [6.45, 7) is 1.87. The fraction of sp³-hybridized carbons (Fsp3) is 0.0769. The first-order valence-corrected chi connectivity index (χ1v) is 6.62. The van der Waals surface area contributed by atoms with Gasteiger partial charge < -0.3 is 10.3 Å². The van der Waals surface area contributed by atoms with Gasteiger partial charge in [0.25, 0.3) is 5.89 Å². The molecule has 4 nitrogen and oxygen atoms in total. The summed E-state index contributed by atoms with van der Waals surface area (Å²) in [5.41, 5.74) is 6.34. The molecule has 1 aromatic carbocycles. The fourth-order valence-corrected chi connectivity index (χ4v) is 2.61. The first-order chi connectivity index (χ1) is 9.95.